The Hall–Kier alpha value is -2.23. The minimum Gasteiger partial charge on any atom is -0.378 e. The molecule has 18 heavy (non-hydrogen) atoms. The van der Waals surface area contributed by atoms with Crippen LogP contribution in [0.15, 0.2) is 42.2 Å². The van der Waals surface area contributed by atoms with Crippen molar-refractivity contribution in [3.05, 3.63) is 47.8 Å². The van der Waals surface area contributed by atoms with Gasteiger partial charge < -0.3 is 4.90 Å². The summed E-state index contributed by atoms with van der Waals surface area (Å²) >= 11 is 0. The van der Waals surface area contributed by atoms with Crippen LogP contribution in [0.4, 0.5) is 10.1 Å². The Kier molecular flexibility index (Phi) is 3.10. The van der Waals surface area contributed by atoms with Gasteiger partial charge in [-0.3, -0.25) is 9.59 Å². The Morgan fingerprint density at radius 3 is 2.11 bits per heavy atom. The highest BCUT2D eigenvalue weighted by molar-refractivity contribution is 6.34. The zero-order valence-electron chi connectivity index (χ0n) is 10.1. The summed E-state index contributed by atoms with van der Waals surface area (Å²) in [6.07, 6.45) is 1.78. The van der Waals surface area contributed by atoms with Crippen LogP contribution in [-0.4, -0.2) is 25.7 Å². The molecule has 1 aliphatic rings. The molecular weight excluding hydrogens is 233 g/mol. The zero-order chi connectivity index (χ0) is 13.3. The molecule has 0 spiro atoms. The SMILES string of the molecule is CN(C)c1ccc(C2=CC(=O)C(F)=CC2=O)cc1. The van der Waals surface area contributed by atoms with Gasteiger partial charge in [-0.25, -0.2) is 4.39 Å². The van der Waals surface area contributed by atoms with Gasteiger partial charge in [0.25, 0.3) is 0 Å². The van der Waals surface area contributed by atoms with Crippen molar-refractivity contribution >= 4 is 22.8 Å². The lowest BCUT2D eigenvalue weighted by molar-refractivity contribution is -0.115. The van der Waals surface area contributed by atoms with E-state index in [-0.39, 0.29) is 5.57 Å². The third-order valence-electron chi connectivity index (χ3n) is 2.73. The van der Waals surface area contributed by atoms with Crippen molar-refractivity contribution < 1.29 is 14.0 Å². The van der Waals surface area contributed by atoms with Gasteiger partial charge in [-0.1, -0.05) is 12.1 Å². The van der Waals surface area contributed by atoms with E-state index in [1.165, 1.54) is 0 Å². The van der Waals surface area contributed by atoms with Gasteiger partial charge in [0, 0.05) is 37.5 Å². The summed E-state index contributed by atoms with van der Waals surface area (Å²) in [5.41, 5.74) is 1.82. The molecule has 0 fully saturated rings. The lowest BCUT2D eigenvalue weighted by Crippen LogP contribution is -2.11. The third kappa shape index (κ3) is 2.22. The van der Waals surface area contributed by atoms with Gasteiger partial charge in [0.15, 0.2) is 11.6 Å². The smallest absolute Gasteiger partial charge is 0.215 e. The number of halogens is 1. The van der Waals surface area contributed by atoms with Crippen LogP contribution in [0.25, 0.3) is 5.57 Å². The molecule has 0 bridgehead atoms. The Balaban J connectivity index is 2.35. The molecule has 1 aromatic carbocycles. The molecule has 0 unspecified atom stereocenters. The molecule has 0 heterocycles. The average Bonchev–Trinajstić information content (AvgIpc) is 2.34. The number of hydrogen-bond donors (Lipinski definition) is 0. The fraction of sp³-hybridized carbons (Fsp3) is 0.143. The fourth-order valence-corrected chi connectivity index (χ4v) is 1.70. The number of allylic oxidation sites excluding steroid dienone is 4. The van der Waals surface area contributed by atoms with E-state index >= 15 is 0 Å². The molecule has 0 aromatic heterocycles. The Labute approximate surface area is 104 Å². The molecule has 2 rings (SSSR count). The predicted octanol–water partition coefficient (Wildman–Crippen LogP) is 2.14. The molecular formula is C14H12FNO2. The van der Waals surface area contributed by atoms with Crippen LogP contribution in [0.2, 0.25) is 0 Å². The van der Waals surface area contributed by atoms with Gasteiger partial charge >= 0.3 is 0 Å². The number of nitrogens with zero attached hydrogens (tertiary/aromatic N) is 1. The maximum absolute atomic E-state index is 12.9. The topological polar surface area (TPSA) is 37.4 Å². The van der Waals surface area contributed by atoms with Crippen LogP contribution in [0.3, 0.4) is 0 Å². The first-order chi connectivity index (χ1) is 8.49. The lowest BCUT2D eigenvalue weighted by Gasteiger charge is -2.13. The molecule has 0 saturated heterocycles. The molecule has 1 aromatic rings. The van der Waals surface area contributed by atoms with E-state index in [0.29, 0.717) is 5.56 Å². The summed E-state index contributed by atoms with van der Waals surface area (Å²) in [4.78, 5) is 24.8. The van der Waals surface area contributed by atoms with E-state index in [2.05, 4.69) is 0 Å². The number of anilines is 1. The largest absolute Gasteiger partial charge is 0.378 e. The number of rotatable bonds is 2. The van der Waals surface area contributed by atoms with E-state index in [0.717, 1.165) is 17.8 Å². The first-order valence-electron chi connectivity index (χ1n) is 5.44. The van der Waals surface area contributed by atoms with Crippen LogP contribution >= 0.6 is 0 Å². The van der Waals surface area contributed by atoms with Gasteiger partial charge in [-0.2, -0.15) is 0 Å². The normalized spacial score (nSPS) is 15.3. The Morgan fingerprint density at radius 2 is 1.56 bits per heavy atom. The van der Waals surface area contributed by atoms with Crippen molar-refractivity contribution in [1.29, 1.82) is 0 Å². The summed E-state index contributed by atoms with van der Waals surface area (Å²) in [5, 5.41) is 0. The second kappa shape index (κ2) is 4.56. The molecule has 0 aliphatic heterocycles. The van der Waals surface area contributed by atoms with Crippen LogP contribution in [0.5, 0.6) is 0 Å². The zero-order valence-corrected chi connectivity index (χ0v) is 10.1. The van der Waals surface area contributed by atoms with E-state index in [4.69, 9.17) is 0 Å². The molecule has 0 radical (unpaired) electrons. The van der Waals surface area contributed by atoms with E-state index in [9.17, 15) is 14.0 Å². The molecule has 92 valence electrons. The van der Waals surface area contributed by atoms with Gasteiger partial charge in [-0.15, -0.1) is 0 Å². The van der Waals surface area contributed by atoms with E-state index in [1.54, 1.807) is 12.1 Å². The average molecular weight is 245 g/mol. The van der Waals surface area contributed by atoms with Gasteiger partial charge in [0.1, 0.15) is 0 Å². The molecule has 0 atom stereocenters. The highest BCUT2D eigenvalue weighted by atomic mass is 19.1. The number of carbonyl (C=O) groups is 2. The van der Waals surface area contributed by atoms with E-state index in [1.807, 2.05) is 31.1 Å². The third-order valence-corrected chi connectivity index (χ3v) is 2.73. The van der Waals surface area contributed by atoms with E-state index < -0.39 is 17.4 Å². The molecule has 0 saturated carbocycles. The molecule has 0 amide bonds. The van der Waals surface area contributed by atoms with Crippen LogP contribution in [0, 0.1) is 0 Å². The first kappa shape index (κ1) is 12.2. The molecule has 1 aliphatic carbocycles. The van der Waals surface area contributed by atoms with Gasteiger partial charge in [-0.05, 0) is 17.7 Å². The molecule has 4 heteroatoms. The summed E-state index contributed by atoms with van der Waals surface area (Å²) in [7, 11) is 3.81. The summed E-state index contributed by atoms with van der Waals surface area (Å²) in [5.74, 6) is -2.25. The summed E-state index contributed by atoms with van der Waals surface area (Å²) in [6, 6.07) is 7.15. The van der Waals surface area contributed by atoms with Gasteiger partial charge in [0.2, 0.25) is 5.78 Å². The standard InChI is InChI=1S/C14H12FNO2/c1-16(2)10-5-3-9(4-6-10)11-7-14(18)12(15)8-13(11)17/h3-8H,1-2H3. The van der Waals surface area contributed by atoms with Gasteiger partial charge in [0.05, 0.1) is 0 Å². The number of carbonyl (C=O) groups excluding carboxylic acids is 2. The van der Waals surface area contributed by atoms with Crippen LogP contribution in [0.1, 0.15) is 5.56 Å². The monoisotopic (exact) mass is 245 g/mol. The van der Waals surface area contributed by atoms with Crippen molar-refractivity contribution in [2.45, 2.75) is 0 Å². The second-order valence-corrected chi connectivity index (χ2v) is 4.22. The van der Waals surface area contributed by atoms with Crippen molar-refractivity contribution in [2.24, 2.45) is 0 Å². The predicted molar refractivity (Wildman–Crippen MR) is 68.0 cm³/mol. The summed E-state index contributed by atoms with van der Waals surface area (Å²) in [6.45, 7) is 0. The quantitative estimate of drug-likeness (QED) is 0.749. The maximum Gasteiger partial charge on any atom is 0.215 e. The fourth-order valence-electron chi connectivity index (χ4n) is 1.70. The maximum atomic E-state index is 12.9. The lowest BCUT2D eigenvalue weighted by atomic mass is 9.95. The van der Waals surface area contributed by atoms with Crippen molar-refractivity contribution in [3.63, 3.8) is 0 Å². The van der Waals surface area contributed by atoms with Crippen molar-refractivity contribution in [2.75, 3.05) is 19.0 Å². The highest BCUT2D eigenvalue weighted by Gasteiger charge is 2.21. The molecule has 0 N–H and O–H groups in total. The van der Waals surface area contributed by atoms with Crippen molar-refractivity contribution in [1.82, 2.24) is 0 Å². The van der Waals surface area contributed by atoms with Crippen LogP contribution < -0.4 is 4.90 Å². The number of ketones is 2. The van der Waals surface area contributed by atoms with Crippen LogP contribution in [-0.2, 0) is 9.59 Å². The highest BCUT2D eigenvalue weighted by Crippen LogP contribution is 2.24. The first-order valence-corrected chi connectivity index (χ1v) is 5.44. The minimum absolute atomic E-state index is 0.228. The second-order valence-electron chi connectivity index (χ2n) is 4.22. The Bertz CT molecular complexity index is 568. The summed E-state index contributed by atoms with van der Waals surface area (Å²) < 4.78 is 12.9. The Morgan fingerprint density at radius 1 is 0.944 bits per heavy atom. The number of benzene rings is 1. The van der Waals surface area contributed by atoms with Crippen molar-refractivity contribution in [3.8, 4) is 0 Å². The minimum atomic E-state index is -1.01. The molecule has 3 nitrogen and oxygen atoms in total. The number of hydrogen-bond acceptors (Lipinski definition) is 3.